The lowest BCUT2D eigenvalue weighted by atomic mass is 9.68. The smallest absolute Gasteiger partial charge is 0.323 e. The van der Waals surface area contributed by atoms with Crippen molar-refractivity contribution in [2.24, 2.45) is 11.8 Å². The Kier molecular flexibility index (Phi) is 6.88. The highest BCUT2D eigenvalue weighted by atomic mass is 16.4. The molecule has 4 bridgehead atoms. The van der Waals surface area contributed by atoms with Gasteiger partial charge in [0.2, 0.25) is 5.91 Å². The summed E-state index contributed by atoms with van der Waals surface area (Å²) in [6.07, 6.45) is 14.3. The van der Waals surface area contributed by atoms with Crippen molar-refractivity contribution < 1.29 is 14.7 Å². The summed E-state index contributed by atoms with van der Waals surface area (Å²) in [6, 6.07) is 9.84. The zero-order chi connectivity index (χ0) is 23.8. The predicted molar refractivity (Wildman–Crippen MR) is 135 cm³/mol. The molecule has 2 heterocycles. The van der Waals surface area contributed by atoms with Gasteiger partial charge in [0, 0.05) is 38.1 Å². The summed E-state index contributed by atoms with van der Waals surface area (Å²) in [5, 5.41) is 9.33. The van der Waals surface area contributed by atoms with Gasteiger partial charge in [0.15, 0.2) is 0 Å². The summed E-state index contributed by atoms with van der Waals surface area (Å²) in [4.78, 5) is 31.1. The van der Waals surface area contributed by atoms with E-state index in [4.69, 9.17) is 0 Å². The molecule has 1 aromatic carbocycles. The molecule has 0 unspecified atom stereocenters. The molecule has 6 atom stereocenters. The molecule has 0 spiro atoms. The van der Waals surface area contributed by atoms with Crippen LogP contribution < -0.4 is 9.80 Å². The number of carbonyl (C=O) groups is 2. The first-order valence-corrected chi connectivity index (χ1v) is 13.5. The van der Waals surface area contributed by atoms with Crippen molar-refractivity contribution in [1.29, 1.82) is 0 Å². The number of carboxylic acids is 1. The summed E-state index contributed by atoms with van der Waals surface area (Å²) >= 11 is 0. The van der Waals surface area contributed by atoms with E-state index < -0.39 is 5.97 Å². The van der Waals surface area contributed by atoms with E-state index in [2.05, 4.69) is 4.90 Å². The largest absolute Gasteiger partial charge is 0.480 e. The fraction of sp³-hybridized carbons (Fsp3) is 0.714. The molecule has 34 heavy (non-hydrogen) atoms. The Hall–Kier alpha value is -2.08. The van der Waals surface area contributed by atoms with E-state index in [0.29, 0.717) is 12.1 Å². The summed E-state index contributed by atoms with van der Waals surface area (Å²) < 4.78 is 0. The van der Waals surface area contributed by atoms with Crippen LogP contribution in [0.2, 0.25) is 0 Å². The number of anilines is 2. The van der Waals surface area contributed by atoms with Gasteiger partial charge in [-0.05, 0) is 68.9 Å². The third-order valence-corrected chi connectivity index (χ3v) is 9.16. The van der Waals surface area contributed by atoms with Gasteiger partial charge in [-0.1, -0.05) is 37.8 Å². The fourth-order valence-corrected chi connectivity index (χ4v) is 8.04. The molecule has 2 saturated carbocycles. The number of rotatable bonds is 6. The van der Waals surface area contributed by atoms with Gasteiger partial charge in [0.05, 0.1) is 11.4 Å². The average molecular weight is 468 g/mol. The van der Waals surface area contributed by atoms with Crippen LogP contribution in [-0.4, -0.2) is 59.6 Å². The molecule has 0 radical (unpaired) electrons. The number of amides is 1. The van der Waals surface area contributed by atoms with Gasteiger partial charge in [0.25, 0.3) is 0 Å². The lowest BCUT2D eigenvalue weighted by Crippen LogP contribution is -2.61. The number of likely N-dealkylation sites (N-methyl/N-ethyl adjacent to an activating group) is 1. The zero-order valence-corrected chi connectivity index (χ0v) is 20.9. The second-order valence-corrected chi connectivity index (χ2v) is 11.5. The number of nitrogens with zero attached hydrogens (tertiary/aromatic N) is 3. The molecule has 6 heteroatoms. The summed E-state index contributed by atoms with van der Waals surface area (Å²) in [5.74, 6) is 1.05. The molecule has 4 fully saturated rings. The van der Waals surface area contributed by atoms with Gasteiger partial charge in [-0.15, -0.1) is 0 Å². The first-order valence-electron chi connectivity index (χ1n) is 13.5. The molecule has 4 aliphatic rings. The van der Waals surface area contributed by atoms with Crippen LogP contribution in [0.1, 0.15) is 77.6 Å². The topological polar surface area (TPSA) is 64.1 Å². The average Bonchev–Trinajstić information content (AvgIpc) is 2.78. The normalized spacial score (nSPS) is 33.2. The van der Waals surface area contributed by atoms with Crippen LogP contribution in [0, 0.1) is 11.8 Å². The third kappa shape index (κ3) is 4.71. The van der Waals surface area contributed by atoms with Crippen LogP contribution >= 0.6 is 0 Å². The molecular weight excluding hydrogens is 426 g/mol. The van der Waals surface area contributed by atoms with Crippen LogP contribution in [0.15, 0.2) is 24.3 Å². The van der Waals surface area contributed by atoms with E-state index in [9.17, 15) is 14.7 Å². The number of aliphatic carboxylic acids is 1. The van der Waals surface area contributed by atoms with Gasteiger partial charge in [-0.3, -0.25) is 14.5 Å². The molecule has 6 nitrogen and oxygen atoms in total. The van der Waals surface area contributed by atoms with E-state index >= 15 is 0 Å². The first kappa shape index (κ1) is 23.7. The zero-order valence-electron chi connectivity index (χ0n) is 20.9. The van der Waals surface area contributed by atoms with Crippen molar-refractivity contribution in [1.82, 2.24) is 4.90 Å². The lowest BCUT2D eigenvalue weighted by molar-refractivity contribution is -0.135. The van der Waals surface area contributed by atoms with E-state index in [1.54, 1.807) is 18.9 Å². The van der Waals surface area contributed by atoms with Crippen LogP contribution in [0.3, 0.4) is 0 Å². The fourth-order valence-electron chi connectivity index (χ4n) is 8.04. The van der Waals surface area contributed by atoms with Crippen LogP contribution in [0.25, 0.3) is 0 Å². The molecule has 0 aromatic heterocycles. The minimum absolute atomic E-state index is 0.0555. The minimum Gasteiger partial charge on any atom is -0.480 e. The minimum atomic E-state index is -0.869. The van der Waals surface area contributed by atoms with E-state index in [1.165, 1.54) is 57.8 Å². The van der Waals surface area contributed by atoms with Crippen LogP contribution in [-0.2, 0) is 9.59 Å². The standard InChI is InChI=1S/C28H41N3O3/c1-19(32)30(27-12-4-3-11-26(27)29(2)18-28(33)34)25-16-22-9-6-10-23(17-25)31(22)24-14-20-7-5-8-21(13-20)15-24/h3-4,11-12,20-25H,5-10,13-18H2,1-2H3,(H,33,34)/t20-,21+,22-,23+,24+,25+. The van der Waals surface area contributed by atoms with Crippen molar-refractivity contribution in [3.05, 3.63) is 24.3 Å². The van der Waals surface area contributed by atoms with E-state index in [-0.39, 0.29) is 18.5 Å². The molecule has 1 aromatic rings. The number of para-hydroxylation sites is 2. The molecule has 2 saturated heterocycles. The van der Waals surface area contributed by atoms with Gasteiger partial charge in [-0.25, -0.2) is 0 Å². The highest BCUT2D eigenvalue weighted by molar-refractivity contribution is 5.96. The van der Waals surface area contributed by atoms with Crippen LogP contribution in [0.4, 0.5) is 11.4 Å². The highest BCUT2D eigenvalue weighted by Crippen LogP contribution is 2.47. The Balaban J connectivity index is 1.38. The quantitative estimate of drug-likeness (QED) is 0.644. The second kappa shape index (κ2) is 9.88. The maximum Gasteiger partial charge on any atom is 0.323 e. The molecule has 1 N–H and O–H groups in total. The molecular formula is C28H41N3O3. The maximum atomic E-state index is 13.1. The van der Waals surface area contributed by atoms with E-state index in [1.807, 2.05) is 29.2 Å². The maximum absolute atomic E-state index is 13.1. The number of benzene rings is 1. The monoisotopic (exact) mass is 467 g/mol. The van der Waals surface area contributed by atoms with Crippen molar-refractivity contribution in [2.45, 2.75) is 102 Å². The molecule has 186 valence electrons. The number of fused-ring (bicyclic) bond motifs is 4. The van der Waals surface area contributed by atoms with E-state index in [0.717, 1.165) is 42.1 Å². The Labute approximate surface area is 204 Å². The van der Waals surface area contributed by atoms with Gasteiger partial charge >= 0.3 is 5.97 Å². The second-order valence-electron chi connectivity index (χ2n) is 11.5. The Morgan fingerprint density at radius 1 is 0.882 bits per heavy atom. The summed E-state index contributed by atoms with van der Waals surface area (Å²) in [7, 11) is 1.79. The molecule has 5 rings (SSSR count). The number of carboxylic acid groups (broad SMARTS) is 1. The lowest BCUT2D eigenvalue weighted by Gasteiger charge is -2.56. The van der Waals surface area contributed by atoms with Crippen molar-refractivity contribution in [3.63, 3.8) is 0 Å². The molecule has 1 amide bonds. The summed E-state index contributed by atoms with van der Waals surface area (Å²) in [6.45, 7) is 1.58. The third-order valence-electron chi connectivity index (χ3n) is 9.16. The van der Waals surface area contributed by atoms with Gasteiger partial charge in [0.1, 0.15) is 6.54 Å². The Morgan fingerprint density at radius 3 is 2.06 bits per heavy atom. The summed E-state index contributed by atoms with van der Waals surface area (Å²) in [5.41, 5.74) is 1.66. The van der Waals surface area contributed by atoms with Crippen molar-refractivity contribution in [2.75, 3.05) is 23.4 Å². The number of piperidine rings is 2. The molecule has 2 aliphatic carbocycles. The Morgan fingerprint density at radius 2 is 1.47 bits per heavy atom. The van der Waals surface area contributed by atoms with Crippen molar-refractivity contribution >= 4 is 23.3 Å². The van der Waals surface area contributed by atoms with Gasteiger partial charge < -0.3 is 14.9 Å². The SMILES string of the molecule is CC(=O)N(c1ccccc1N(C)CC(=O)O)[C@H]1C[C@H]2CCC[C@@H](C1)N2[C@H]1C[C@@H]2CCC[C@@H](C2)C1. The van der Waals surface area contributed by atoms with Crippen molar-refractivity contribution in [3.8, 4) is 0 Å². The number of carbonyl (C=O) groups excluding carboxylic acids is 1. The predicted octanol–water partition coefficient (Wildman–Crippen LogP) is 4.91. The molecule has 2 aliphatic heterocycles. The van der Waals surface area contributed by atoms with Crippen LogP contribution in [0.5, 0.6) is 0 Å². The van der Waals surface area contributed by atoms with Gasteiger partial charge in [-0.2, -0.15) is 0 Å². The Bertz CT molecular complexity index is 879. The first-order chi connectivity index (χ1) is 16.4. The number of hydrogen-bond acceptors (Lipinski definition) is 4. The highest BCUT2D eigenvalue weighted by Gasteiger charge is 2.46. The number of hydrogen-bond donors (Lipinski definition) is 1.